The first kappa shape index (κ1) is 14.3. The lowest BCUT2D eigenvalue weighted by Crippen LogP contribution is -2.26. The lowest BCUT2D eigenvalue weighted by Gasteiger charge is -2.13. The molecular weight excluding hydrogens is 232 g/mol. The number of hydrogen-bond acceptors (Lipinski definition) is 4. The highest BCUT2D eigenvalue weighted by atomic mass is 16.5. The Morgan fingerprint density at radius 1 is 1.39 bits per heavy atom. The summed E-state index contributed by atoms with van der Waals surface area (Å²) in [6.45, 7) is 1.95. The first-order chi connectivity index (χ1) is 8.60. The van der Waals surface area contributed by atoms with Crippen molar-refractivity contribution in [3.63, 3.8) is 0 Å². The van der Waals surface area contributed by atoms with Crippen molar-refractivity contribution in [2.75, 3.05) is 19.5 Å². The van der Waals surface area contributed by atoms with E-state index in [1.54, 1.807) is 32.4 Å². The Morgan fingerprint density at radius 3 is 2.67 bits per heavy atom. The van der Waals surface area contributed by atoms with E-state index in [0.717, 1.165) is 6.42 Å². The standard InChI is InChI=1S/C13H20N2O3/c1-4-9(14)7-13(16)15-11-8-10(17-2)5-6-12(11)18-3/h5-6,8-9H,4,7,14H2,1-3H3,(H,15,16). The van der Waals surface area contributed by atoms with E-state index in [2.05, 4.69) is 5.32 Å². The predicted octanol–water partition coefficient (Wildman–Crippen LogP) is 1.77. The quantitative estimate of drug-likeness (QED) is 0.809. The maximum atomic E-state index is 11.8. The summed E-state index contributed by atoms with van der Waals surface area (Å²) >= 11 is 0. The molecule has 0 saturated heterocycles. The zero-order valence-electron chi connectivity index (χ0n) is 11.0. The number of nitrogens with one attached hydrogen (secondary N) is 1. The van der Waals surface area contributed by atoms with E-state index in [9.17, 15) is 4.79 Å². The molecule has 0 fully saturated rings. The number of ether oxygens (including phenoxy) is 2. The Labute approximate surface area is 107 Å². The molecule has 0 aliphatic carbocycles. The summed E-state index contributed by atoms with van der Waals surface area (Å²) in [5, 5.41) is 2.78. The van der Waals surface area contributed by atoms with E-state index in [0.29, 0.717) is 17.2 Å². The summed E-state index contributed by atoms with van der Waals surface area (Å²) < 4.78 is 10.3. The van der Waals surface area contributed by atoms with Gasteiger partial charge in [-0.2, -0.15) is 0 Å². The van der Waals surface area contributed by atoms with Gasteiger partial charge in [0.2, 0.25) is 5.91 Å². The molecule has 5 nitrogen and oxygen atoms in total. The van der Waals surface area contributed by atoms with Crippen LogP contribution in [0.3, 0.4) is 0 Å². The monoisotopic (exact) mass is 252 g/mol. The van der Waals surface area contributed by atoms with Crippen LogP contribution in [0.5, 0.6) is 11.5 Å². The maximum Gasteiger partial charge on any atom is 0.226 e. The summed E-state index contributed by atoms with van der Waals surface area (Å²) in [6, 6.07) is 5.11. The van der Waals surface area contributed by atoms with Gasteiger partial charge in [-0.1, -0.05) is 6.92 Å². The molecule has 1 unspecified atom stereocenters. The summed E-state index contributed by atoms with van der Waals surface area (Å²) in [6.07, 6.45) is 1.06. The predicted molar refractivity (Wildman–Crippen MR) is 71.1 cm³/mol. The van der Waals surface area contributed by atoms with Gasteiger partial charge in [-0.15, -0.1) is 0 Å². The average molecular weight is 252 g/mol. The van der Waals surface area contributed by atoms with Gasteiger partial charge in [0.15, 0.2) is 0 Å². The minimum atomic E-state index is -0.129. The van der Waals surface area contributed by atoms with Gasteiger partial charge in [-0.05, 0) is 18.6 Å². The minimum Gasteiger partial charge on any atom is -0.497 e. The second-order valence-corrected chi connectivity index (χ2v) is 3.99. The molecule has 0 aliphatic rings. The zero-order chi connectivity index (χ0) is 13.5. The number of anilines is 1. The highest BCUT2D eigenvalue weighted by Crippen LogP contribution is 2.28. The number of amides is 1. The molecule has 18 heavy (non-hydrogen) atoms. The van der Waals surface area contributed by atoms with E-state index in [1.165, 1.54) is 0 Å². The molecule has 1 rings (SSSR count). The van der Waals surface area contributed by atoms with Gasteiger partial charge < -0.3 is 20.5 Å². The number of methoxy groups -OCH3 is 2. The van der Waals surface area contributed by atoms with E-state index < -0.39 is 0 Å². The summed E-state index contributed by atoms with van der Waals surface area (Å²) in [7, 11) is 3.12. The third kappa shape index (κ3) is 3.92. The van der Waals surface area contributed by atoms with Crippen molar-refractivity contribution in [3.8, 4) is 11.5 Å². The second kappa shape index (κ2) is 6.86. The number of carbonyl (C=O) groups is 1. The highest BCUT2D eigenvalue weighted by Gasteiger charge is 2.11. The molecule has 5 heteroatoms. The van der Waals surface area contributed by atoms with Crippen molar-refractivity contribution in [2.45, 2.75) is 25.8 Å². The normalized spacial score (nSPS) is 11.8. The van der Waals surface area contributed by atoms with Crippen molar-refractivity contribution in [2.24, 2.45) is 5.73 Å². The molecule has 3 N–H and O–H groups in total. The first-order valence-electron chi connectivity index (χ1n) is 5.88. The highest BCUT2D eigenvalue weighted by molar-refractivity contribution is 5.92. The molecular formula is C13H20N2O3. The molecule has 0 aromatic heterocycles. The summed E-state index contributed by atoms with van der Waals surface area (Å²) in [5.74, 6) is 1.12. The van der Waals surface area contributed by atoms with E-state index in [1.807, 2.05) is 6.92 Å². The van der Waals surface area contributed by atoms with Crippen LogP contribution in [-0.4, -0.2) is 26.2 Å². The number of hydrogen-bond donors (Lipinski definition) is 2. The number of carbonyl (C=O) groups excluding carboxylic acids is 1. The van der Waals surface area contributed by atoms with Gasteiger partial charge in [0.25, 0.3) is 0 Å². The molecule has 1 aromatic carbocycles. The number of nitrogens with two attached hydrogens (primary N) is 1. The van der Waals surface area contributed by atoms with Crippen molar-refractivity contribution < 1.29 is 14.3 Å². The molecule has 0 radical (unpaired) electrons. The zero-order valence-corrected chi connectivity index (χ0v) is 11.0. The third-order valence-electron chi connectivity index (χ3n) is 2.65. The van der Waals surface area contributed by atoms with Gasteiger partial charge >= 0.3 is 0 Å². The molecule has 0 aliphatic heterocycles. The first-order valence-corrected chi connectivity index (χ1v) is 5.88. The topological polar surface area (TPSA) is 73.6 Å². The fourth-order valence-electron chi connectivity index (χ4n) is 1.50. The van der Waals surface area contributed by atoms with Crippen LogP contribution in [0.2, 0.25) is 0 Å². The third-order valence-corrected chi connectivity index (χ3v) is 2.65. The van der Waals surface area contributed by atoms with Crippen LogP contribution in [0.25, 0.3) is 0 Å². The SMILES string of the molecule is CCC(N)CC(=O)Nc1cc(OC)ccc1OC. The lowest BCUT2D eigenvalue weighted by molar-refractivity contribution is -0.116. The van der Waals surface area contributed by atoms with Crippen LogP contribution in [-0.2, 0) is 4.79 Å². The van der Waals surface area contributed by atoms with Gasteiger partial charge in [-0.25, -0.2) is 0 Å². The van der Waals surface area contributed by atoms with Crippen LogP contribution in [0.15, 0.2) is 18.2 Å². The Hall–Kier alpha value is -1.75. The van der Waals surface area contributed by atoms with E-state index in [4.69, 9.17) is 15.2 Å². The van der Waals surface area contributed by atoms with Crippen LogP contribution in [0.4, 0.5) is 5.69 Å². The Balaban J connectivity index is 2.78. The number of rotatable bonds is 6. The number of benzene rings is 1. The van der Waals surface area contributed by atoms with Crippen LogP contribution < -0.4 is 20.5 Å². The van der Waals surface area contributed by atoms with Gasteiger partial charge in [0.1, 0.15) is 11.5 Å². The van der Waals surface area contributed by atoms with Crippen molar-refractivity contribution in [1.29, 1.82) is 0 Å². The van der Waals surface area contributed by atoms with Crippen LogP contribution in [0.1, 0.15) is 19.8 Å². The van der Waals surface area contributed by atoms with E-state index >= 15 is 0 Å². The van der Waals surface area contributed by atoms with Crippen LogP contribution in [0, 0.1) is 0 Å². The molecule has 100 valence electrons. The van der Waals surface area contributed by atoms with Gasteiger partial charge in [-0.3, -0.25) is 4.79 Å². The Bertz CT molecular complexity index is 407. The smallest absolute Gasteiger partial charge is 0.226 e. The van der Waals surface area contributed by atoms with Crippen LogP contribution >= 0.6 is 0 Å². The van der Waals surface area contributed by atoms with Crippen molar-refractivity contribution >= 4 is 11.6 Å². The van der Waals surface area contributed by atoms with Gasteiger partial charge in [0, 0.05) is 18.5 Å². The lowest BCUT2D eigenvalue weighted by atomic mass is 10.1. The van der Waals surface area contributed by atoms with Crippen molar-refractivity contribution in [3.05, 3.63) is 18.2 Å². The second-order valence-electron chi connectivity index (χ2n) is 3.99. The largest absolute Gasteiger partial charge is 0.497 e. The van der Waals surface area contributed by atoms with E-state index in [-0.39, 0.29) is 18.4 Å². The Kier molecular flexibility index (Phi) is 5.45. The fourth-order valence-corrected chi connectivity index (χ4v) is 1.50. The van der Waals surface area contributed by atoms with Gasteiger partial charge in [0.05, 0.1) is 19.9 Å². The fraction of sp³-hybridized carbons (Fsp3) is 0.462. The average Bonchev–Trinajstić information content (AvgIpc) is 2.38. The molecule has 0 bridgehead atoms. The molecule has 0 heterocycles. The molecule has 1 amide bonds. The molecule has 0 saturated carbocycles. The maximum absolute atomic E-state index is 11.8. The molecule has 0 spiro atoms. The minimum absolute atomic E-state index is 0.124. The molecule has 1 atom stereocenters. The summed E-state index contributed by atoms with van der Waals surface area (Å²) in [4.78, 5) is 11.8. The van der Waals surface area contributed by atoms with Crippen molar-refractivity contribution in [1.82, 2.24) is 0 Å². The molecule has 1 aromatic rings. The summed E-state index contributed by atoms with van der Waals surface area (Å²) in [5.41, 5.74) is 6.33. The Morgan fingerprint density at radius 2 is 2.11 bits per heavy atom.